The number of para-hydroxylation sites is 1. The maximum atomic E-state index is 13.0. The van der Waals surface area contributed by atoms with Crippen LogP contribution in [-0.2, 0) is 11.3 Å². The van der Waals surface area contributed by atoms with Gasteiger partial charge in [-0.15, -0.1) is 24.0 Å². The number of amides is 1. The number of nitrogens with one attached hydrogen (secondary N) is 3. The SMILES string of the molecule is CCNC(=NCc1ccccc1-n1nc(C)cc1C)NCC(=O)Nc1ccc(F)cc1.I. The van der Waals surface area contributed by atoms with Gasteiger partial charge in [-0.3, -0.25) is 4.79 Å². The summed E-state index contributed by atoms with van der Waals surface area (Å²) in [5.41, 5.74) is 4.53. The normalized spacial score (nSPS) is 10.9. The van der Waals surface area contributed by atoms with Crippen LogP contribution in [0, 0.1) is 19.7 Å². The molecule has 1 amide bonds. The first-order valence-electron chi connectivity index (χ1n) is 10.2. The smallest absolute Gasteiger partial charge is 0.243 e. The maximum absolute atomic E-state index is 13.0. The number of halogens is 2. The van der Waals surface area contributed by atoms with Crippen LogP contribution in [0.4, 0.5) is 10.1 Å². The van der Waals surface area contributed by atoms with Gasteiger partial charge in [-0.1, -0.05) is 18.2 Å². The van der Waals surface area contributed by atoms with Gasteiger partial charge in [0.25, 0.3) is 0 Å². The van der Waals surface area contributed by atoms with E-state index in [1.54, 1.807) is 0 Å². The number of carbonyl (C=O) groups is 1. The number of aliphatic imine (C=N–C) groups is 1. The molecule has 32 heavy (non-hydrogen) atoms. The zero-order valence-corrected chi connectivity index (χ0v) is 20.7. The molecule has 7 nitrogen and oxygen atoms in total. The summed E-state index contributed by atoms with van der Waals surface area (Å²) in [4.78, 5) is 16.8. The number of aromatic nitrogens is 2. The third-order valence-corrected chi connectivity index (χ3v) is 4.53. The average molecular weight is 550 g/mol. The lowest BCUT2D eigenvalue weighted by molar-refractivity contribution is -0.115. The molecule has 2 aromatic carbocycles. The fraction of sp³-hybridized carbons (Fsp3) is 0.261. The van der Waals surface area contributed by atoms with Crippen molar-refractivity contribution in [3.63, 3.8) is 0 Å². The van der Waals surface area contributed by atoms with E-state index in [-0.39, 0.29) is 42.2 Å². The first-order valence-corrected chi connectivity index (χ1v) is 10.2. The van der Waals surface area contributed by atoms with Crippen LogP contribution >= 0.6 is 24.0 Å². The van der Waals surface area contributed by atoms with Gasteiger partial charge in [0.15, 0.2) is 5.96 Å². The Labute approximate surface area is 204 Å². The van der Waals surface area contributed by atoms with Gasteiger partial charge < -0.3 is 16.0 Å². The molecule has 3 rings (SSSR count). The van der Waals surface area contributed by atoms with Crippen molar-refractivity contribution in [2.45, 2.75) is 27.3 Å². The Balaban J connectivity index is 0.00000363. The van der Waals surface area contributed by atoms with Crippen LogP contribution in [0.3, 0.4) is 0 Å². The van der Waals surface area contributed by atoms with Crippen molar-refractivity contribution < 1.29 is 9.18 Å². The lowest BCUT2D eigenvalue weighted by Crippen LogP contribution is -2.41. The van der Waals surface area contributed by atoms with Crippen molar-refractivity contribution in [3.8, 4) is 5.69 Å². The molecule has 0 saturated carbocycles. The van der Waals surface area contributed by atoms with Gasteiger partial charge >= 0.3 is 0 Å². The first-order chi connectivity index (χ1) is 15.0. The Hall–Kier alpha value is -2.95. The second kappa shape index (κ2) is 12.2. The molecule has 9 heteroatoms. The van der Waals surface area contributed by atoms with E-state index in [0.29, 0.717) is 24.7 Å². The van der Waals surface area contributed by atoms with E-state index >= 15 is 0 Å². The van der Waals surface area contributed by atoms with Crippen LogP contribution in [0.1, 0.15) is 23.9 Å². The van der Waals surface area contributed by atoms with Gasteiger partial charge in [0.1, 0.15) is 5.82 Å². The highest BCUT2D eigenvalue weighted by atomic mass is 127. The van der Waals surface area contributed by atoms with Crippen molar-refractivity contribution >= 4 is 41.5 Å². The fourth-order valence-corrected chi connectivity index (χ4v) is 3.13. The number of carbonyl (C=O) groups excluding carboxylic acids is 1. The minimum absolute atomic E-state index is 0. The van der Waals surface area contributed by atoms with Gasteiger partial charge in [0.05, 0.1) is 24.5 Å². The minimum atomic E-state index is -0.349. The zero-order chi connectivity index (χ0) is 22.2. The second-order valence-corrected chi connectivity index (χ2v) is 7.07. The Morgan fingerprint density at radius 3 is 2.47 bits per heavy atom. The van der Waals surface area contributed by atoms with Crippen LogP contribution in [-0.4, -0.2) is 34.7 Å². The van der Waals surface area contributed by atoms with Gasteiger partial charge in [-0.25, -0.2) is 14.1 Å². The number of hydrogen-bond donors (Lipinski definition) is 3. The van der Waals surface area contributed by atoms with Crippen LogP contribution in [0.5, 0.6) is 0 Å². The van der Waals surface area contributed by atoms with Crippen molar-refractivity contribution in [2.24, 2.45) is 4.99 Å². The number of aryl methyl sites for hydroxylation is 2. The molecule has 0 unspecified atom stereocenters. The Morgan fingerprint density at radius 1 is 1.09 bits per heavy atom. The highest BCUT2D eigenvalue weighted by Crippen LogP contribution is 2.17. The van der Waals surface area contributed by atoms with E-state index in [1.807, 2.05) is 55.8 Å². The maximum Gasteiger partial charge on any atom is 0.243 e. The molecule has 0 aliphatic heterocycles. The van der Waals surface area contributed by atoms with Gasteiger partial charge in [0, 0.05) is 17.9 Å². The largest absolute Gasteiger partial charge is 0.357 e. The van der Waals surface area contributed by atoms with Crippen molar-refractivity contribution in [2.75, 3.05) is 18.4 Å². The topological polar surface area (TPSA) is 83.3 Å². The monoisotopic (exact) mass is 550 g/mol. The van der Waals surface area contributed by atoms with Crippen LogP contribution in [0.25, 0.3) is 5.69 Å². The molecule has 0 fully saturated rings. The standard InChI is InChI=1S/C23H27FN6O.HI/c1-4-25-23(27-15-22(31)28-20-11-9-19(24)10-12-20)26-14-18-7-5-6-8-21(18)30-17(3)13-16(2)29-30;/h5-13H,4,14-15H2,1-3H3,(H,28,31)(H2,25,26,27);1H. The fourth-order valence-electron chi connectivity index (χ4n) is 3.13. The first kappa shape index (κ1) is 25.3. The van der Waals surface area contributed by atoms with Crippen molar-refractivity contribution in [3.05, 3.63) is 77.4 Å². The molecule has 1 aromatic heterocycles. The molecule has 0 radical (unpaired) electrons. The minimum Gasteiger partial charge on any atom is -0.357 e. The summed E-state index contributed by atoms with van der Waals surface area (Å²) in [6.45, 7) is 7.05. The second-order valence-electron chi connectivity index (χ2n) is 7.07. The molecule has 3 N–H and O–H groups in total. The van der Waals surface area contributed by atoms with Crippen molar-refractivity contribution in [1.29, 1.82) is 0 Å². The molecule has 0 aliphatic carbocycles. The summed E-state index contributed by atoms with van der Waals surface area (Å²) in [7, 11) is 0. The molecule has 3 aromatic rings. The Morgan fingerprint density at radius 2 is 1.81 bits per heavy atom. The van der Waals surface area contributed by atoms with Gasteiger partial charge in [-0.05, 0) is 62.7 Å². The predicted octanol–water partition coefficient (Wildman–Crippen LogP) is 3.94. The number of rotatable bonds is 7. The highest BCUT2D eigenvalue weighted by molar-refractivity contribution is 14.0. The molecule has 170 valence electrons. The van der Waals surface area contributed by atoms with Crippen LogP contribution < -0.4 is 16.0 Å². The summed E-state index contributed by atoms with van der Waals surface area (Å²) < 4.78 is 14.9. The summed E-state index contributed by atoms with van der Waals surface area (Å²) in [5.74, 6) is -0.0707. The number of hydrogen-bond acceptors (Lipinski definition) is 3. The van der Waals surface area contributed by atoms with Gasteiger partial charge in [0.2, 0.25) is 5.91 Å². The Kier molecular flexibility index (Phi) is 9.63. The summed E-state index contributed by atoms with van der Waals surface area (Å²) in [6, 6.07) is 15.6. The molecule has 1 heterocycles. The number of anilines is 1. The van der Waals surface area contributed by atoms with E-state index in [1.165, 1.54) is 24.3 Å². The summed E-state index contributed by atoms with van der Waals surface area (Å²) in [6.07, 6.45) is 0. The average Bonchev–Trinajstić information content (AvgIpc) is 3.09. The zero-order valence-electron chi connectivity index (χ0n) is 18.4. The molecule has 0 atom stereocenters. The van der Waals surface area contributed by atoms with Crippen LogP contribution in [0.2, 0.25) is 0 Å². The van der Waals surface area contributed by atoms with Gasteiger partial charge in [-0.2, -0.15) is 5.10 Å². The van der Waals surface area contributed by atoms with E-state index in [2.05, 4.69) is 26.0 Å². The summed E-state index contributed by atoms with van der Waals surface area (Å²) >= 11 is 0. The molecule has 0 bridgehead atoms. The van der Waals surface area contributed by atoms with E-state index in [0.717, 1.165) is 22.6 Å². The number of guanidine groups is 1. The molecule has 0 saturated heterocycles. The molecule has 0 aliphatic rings. The van der Waals surface area contributed by atoms with Crippen molar-refractivity contribution in [1.82, 2.24) is 20.4 Å². The van der Waals surface area contributed by atoms with E-state index < -0.39 is 0 Å². The van der Waals surface area contributed by atoms with Crippen LogP contribution in [0.15, 0.2) is 59.6 Å². The van der Waals surface area contributed by atoms with E-state index in [9.17, 15) is 9.18 Å². The number of nitrogens with zero attached hydrogens (tertiary/aromatic N) is 3. The lowest BCUT2D eigenvalue weighted by Gasteiger charge is -2.13. The molecule has 0 spiro atoms. The lowest BCUT2D eigenvalue weighted by atomic mass is 10.2. The molecular weight excluding hydrogens is 522 g/mol. The third-order valence-electron chi connectivity index (χ3n) is 4.53. The summed E-state index contributed by atoms with van der Waals surface area (Å²) in [5, 5.41) is 13.5. The molecular formula is C23H28FIN6O. The number of benzene rings is 2. The third kappa shape index (κ3) is 7.04. The highest BCUT2D eigenvalue weighted by Gasteiger charge is 2.09. The quantitative estimate of drug-likeness (QED) is 0.237. The van der Waals surface area contributed by atoms with E-state index in [4.69, 9.17) is 0 Å². The Bertz CT molecular complexity index is 1060. The predicted molar refractivity (Wildman–Crippen MR) is 136 cm³/mol.